The molecule has 0 aliphatic carbocycles. The van der Waals surface area contributed by atoms with E-state index < -0.39 is 6.10 Å². The van der Waals surface area contributed by atoms with Crippen LogP contribution in [0.25, 0.3) is 16.9 Å². The van der Waals surface area contributed by atoms with Crippen LogP contribution in [0, 0.1) is 0 Å². The van der Waals surface area contributed by atoms with E-state index in [1.165, 1.54) is 15.7 Å². The molecule has 3 aromatic rings. The first kappa shape index (κ1) is 18.7. The van der Waals surface area contributed by atoms with Gasteiger partial charge in [-0.05, 0) is 31.2 Å². The number of benzene rings is 1. The van der Waals surface area contributed by atoms with Gasteiger partial charge in [-0.25, -0.2) is 4.98 Å². The van der Waals surface area contributed by atoms with Crippen LogP contribution in [0.2, 0.25) is 0 Å². The highest BCUT2D eigenvalue weighted by Gasteiger charge is 2.19. The molecule has 0 radical (unpaired) electrons. The Morgan fingerprint density at radius 2 is 1.96 bits per heavy atom. The Morgan fingerprint density at radius 1 is 1.30 bits per heavy atom. The lowest BCUT2D eigenvalue weighted by molar-refractivity contribution is 0.0699. The second-order valence-electron chi connectivity index (χ2n) is 6.50. The highest BCUT2D eigenvalue weighted by atomic mass is 16.5. The van der Waals surface area contributed by atoms with Gasteiger partial charge >= 0.3 is 0 Å². The number of fused-ring (bicyclic) bond motifs is 1. The summed E-state index contributed by atoms with van der Waals surface area (Å²) in [6.45, 7) is 1.78. The molecule has 0 saturated carbocycles. The summed E-state index contributed by atoms with van der Waals surface area (Å²) in [4.78, 5) is 30.8. The van der Waals surface area contributed by atoms with Crippen LogP contribution in [-0.2, 0) is 7.05 Å². The number of amides is 1. The second-order valence-corrected chi connectivity index (χ2v) is 6.50. The van der Waals surface area contributed by atoms with Crippen molar-refractivity contribution in [2.75, 3.05) is 20.7 Å². The van der Waals surface area contributed by atoms with E-state index in [1.54, 1.807) is 38.7 Å². The van der Waals surface area contributed by atoms with Crippen molar-refractivity contribution < 1.29 is 14.6 Å². The van der Waals surface area contributed by atoms with Crippen LogP contribution < -0.4 is 10.3 Å². The summed E-state index contributed by atoms with van der Waals surface area (Å²) in [6, 6.07) is 7.35. The van der Waals surface area contributed by atoms with Gasteiger partial charge in [0.15, 0.2) is 0 Å². The van der Waals surface area contributed by atoms with Crippen LogP contribution in [0.3, 0.4) is 0 Å². The van der Waals surface area contributed by atoms with Crippen molar-refractivity contribution in [3.63, 3.8) is 0 Å². The number of rotatable bonds is 5. The third kappa shape index (κ3) is 3.56. The normalized spacial score (nSPS) is 12.2. The van der Waals surface area contributed by atoms with E-state index in [9.17, 15) is 14.7 Å². The van der Waals surface area contributed by atoms with Crippen molar-refractivity contribution in [2.45, 2.75) is 13.0 Å². The number of hydrogen-bond donors (Lipinski definition) is 1. The molecule has 27 heavy (non-hydrogen) atoms. The maximum atomic E-state index is 12.7. The van der Waals surface area contributed by atoms with Crippen molar-refractivity contribution in [3.8, 4) is 17.0 Å². The molecule has 1 N–H and O–H groups in total. The smallest absolute Gasteiger partial charge is 0.294 e. The van der Waals surface area contributed by atoms with Crippen molar-refractivity contribution in [3.05, 3.63) is 52.7 Å². The van der Waals surface area contributed by atoms with Gasteiger partial charge in [0.05, 0.1) is 18.9 Å². The summed E-state index contributed by atoms with van der Waals surface area (Å²) in [5.74, 6) is 0.370. The van der Waals surface area contributed by atoms with Crippen molar-refractivity contribution >= 4 is 11.6 Å². The Bertz CT molecular complexity index is 1030. The first-order valence-electron chi connectivity index (χ1n) is 8.48. The number of likely N-dealkylation sites (N-methyl/N-ethyl adjacent to an activating group) is 1. The summed E-state index contributed by atoms with van der Waals surface area (Å²) in [5.41, 5.74) is 1.54. The van der Waals surface area contributed by atoms with Gasteiger partial charge in [-0.3, -0.25) is 14.0 Å². The minimum atomic E-state index is -0.648. The fourth-order valence-electron chi connectivity index (χ4n) is 2.94. The van der Waals surface area contributed by atoms with E-state index in [4.69, 9.17) is 4.74 Å². The third-order valence-corrected chi connectivity index (χ3v) is 4.34. The van der Waals surface area contributed by atoms with Gasteiger partial charge in [-0.15, -0.1) is 0 Å². The summed E-state index contributed by atoms with van der Waals surface area (Å²) < 4.78 is 8.22. The quantitative estimate of drug-likeness (QED) is 0.728. The van der Waals surface area contributed by atoms with Crippen LogP contribution in [0.15, 0.2) is 41.5 Å². The van der Waals surface area contributed by atoms with Gasteiger partial charge in [-0.1, -0.05) is 0 Å². The first-order valence-corrected chi connectivity index (χ1v) is 8.48. The van der Waals surface area contributed by atoms with Gasteiger partial charge < -0.3 is 19.3 Å². The standard InChI is InChI=1S/C19H22N4O4/c1-12(24)9-21(2)18(25)15-10-23-11-16(22(3)19(26)17(23)20-15)13-5-7-14(27-4)8-6-13/h5-8,10-12,24H,9H2,1-4H3/t12-/m1/s1. The topological polar surface area (TPSA) is 89.1 Å². The van der Waals surface area contributed by atoms with Crippen LogP contribution in [-0.4, -0.2) is 56.7 Å². The van der Waals surface area contributed by atoms with E-state index in [-0.39, 0.29) is 29.4 Å². The molecule has 0 unspecified atom stereocenters. The molecular formula is C19H22N4O4. The van der Waals surface area contributed by atoms with E-state index in [1.807, 2.05) is 24.3 Å². The molecule has 8 nitrogen and oxygen atoms in total. The van der Waals surface area contributed by atoms with Gasteiger partial charge in [0.1, 0.15) is 11.4 Å². The average Bonchev–Trinajstić information content (AvgIpc) is 3.08. The Labute approximate surface area is 156 Å². The van der Waals surface area contributed by atoms with E-state index in [2.05, 4.69) is 4.98 Å². The maximum Gasteiger partial charge on any atom is 0.294 e. The molecule has 8 heteroatoms. The Hall–Kier alpha value is -3.13. The number of hydrogen-bond acceptors (Lipinski definition) is 5. The molecule has 0 bridgehead atoms. The molecule has 0 aliphatic heterocycles. The number of imidazole rings is 1. The summed E-state index contributed by atoms with van der Waals surface area (Å²) in [6.07, 6.45) is 2.65. The lowest BCUT2D eigenvalue weighted by atomic mass is 10.1. The van der Waals surface area contributed by atoms with Crippen molar-refractivity contribution in [2.24, 2.45) is 7.05 Å². The largest absolute Gasteiger partial charge is 0.497 e. The molecule has 2 aromatic heterocycles. The molecule has 1 amide bonds. The lowest BCUT2D eigenvalue weighted by Crippen LogP contribution is -2.33. The van der Waals surface area contributed by atoms with E-state index in [0.29, 0.717) is 5.69 Å². The minimum absolute atomic E-state index is 0.155. The Kier molecular flexibility index (Phi) is 5.00. The predicted octanol–water partition coefficient (Wildman–Crippen LogP) is 1.16. The highest BCUT2D eigenvalue weighted by molar-refractivity contribution is 5.92. The van der Waals surface area contributed by atoms with Gasteiger partial charge in [-0.2, -0.15) is 0 Å². The molecule has 1 atom stereocenters. The molecule has 3 rings (SSSR count). The molecule has 0 fully saturated rings. The highest BCUT2D eigenvalue weighted by Crippen LogP contribution is 2.21. The third-order valence-electron chi connectivity index (χ3n) is 4.34. The number of aliphatic hydroxyl groups is 1. The van der Waals surface area contributed by atoms with Crippen molar-refractivity contribution in [1.82, 2.24) is 18.9 Å². The van der Waals surface area contributed by atoms with E-state index in [0.717, 1.165) is 11.3 Å². The number of ether oxygens (including phenoxy) is 1. The van der Waals surface area contributed by atoms with Gasteiger partial charge in [0.25, 0.3) is 11.5 Å². The number of methoxy groups -OCH3 is 1. The fourth-order valence-corrected chi connectivity index (χ4v) is 2.94. The minimum Gasteiger partial charge on any atom is -0.497 e. The number of nitrogens with zero attached hydrogens (tertiary/aromatic N) is 4. The average molecular weight is 370 g/mol. The number of carbonyl (C=O) groups is 1. The van der Waals surface area contributed by atoms with Gasteiger partial charge in [0.2, 0.25) is 5.65 Å². The molecule has 2 heterocycles. The van der Waals surface area contributed by atoms with Gasteiger partial charge in [0, 0.05) is 38.6 Å². The lowest BCUT2D eigenvalue weighted by Gasteiger charge is -2.17. The second kappa shape index (κ2) is 7.24. The molecule has 0 spiro atoms. The van der Waals surface area contributed by atoms with Crippen LogP contribution in [0.1, 0.15) is 17.4 Å². The summed E-state index contributed by atoms with van der Waals surface area (Å²) in [5, 5.41) is 9.46. The Morgan fingerprint density at radius 3 is 2.56 bits per heavy atom. The number of carbonyl (C=O) groups excluding carboxylic acids is 1. The number of aromatic nitrogens is 3. The zero-order valence-electron chi connectivity index (χ0n) is 15.7. The SMILES string of the molecule is COc1ccc(-c2cn3cc(C(=O)N(C)C[C@@H](C)O)nc3c(=O)n2C)cc1. The monoisotopic (exact) mass is 370 g/mol. The van der Waals surface area contributed by atoms with Crippen LogP contribution in [0.4, 0.5) is 0 Å². The molecule has 1 aromatic carbocycles. The zero-order valence-corrected chi connectivity index (χ0v) is 15.7. The summed E-state index contributed by atoms with van der Waals surface area (Å²) in [7, 11) is 4.84. The van der Waals surface area contributed by atoms with Crippen LogP contribution >= 0.6 is 0 Å². The molecule has 0 aliphatic rings. The Balaban J connectivity index is 2.05. The molecular weight excluding hydrogens is 348 g/mol. The van der Waals surface area contributed by atoms with E-state index >= 15 is 0 Å². The molecule has 142 valence electrons. The summed E-state index contributed by atoms with van der Waals surface area (Å²) >= 11 is 0. The zero-order chi connectivity index (χ0) is 19.7. The first-order chi connectivity index (χ1) is 12.8. The fraction of sp³-hybridized carbons (Fsp3) is 0.316. The maximum absolute atomic E-state index is 12.7. The molecule has 0 saturated heterocycles. The van der Waals surface area contributed by atoms with Crippen LogP contribution in [0.5, 0.6) is 5.75 Å². The number of aliphatic hydroxyl groups excluding tert-OH is 1. The van der Waals surface area contributed by atoms with Crippen molar-refractivity contribution in [1.29, 1.82) is 0 Å². The predicted molar refractivity (Wildman–Crippen MR) is 101 cm³/mol.